The van der Waals surface area contributed by atoms with Crippen LogP contribution in [-0.4, -0.2) is 9.78 Å². The molecular formula is C18H34N2. The summed E-state index contributed by atoms with van der Waals surface area (Å²) in [6.45, 7) is 11.3. The standard InChI is InChI=1S/C18H34N2/c1-6-8-10-11-12-14-18(5,13-9-7-2)20-17(4)15-16(3)19-20/h15H,6-14H2,1-5H3. The maximum Gasteiger partial charge on any atom is 0.0602 e. The molecule has 2 nitrogen and oxygen atoms in total. The summed E-state index contributed by atoms with van der Waals surface area (Å²) < 4.78 is 2.30. The summed E-state index contributed by atoms with van der Waals surface area (Å²) in [5, 5.41) is 4.77. The first kappa shape index (κ1) is 17.3. The predicted molar refractivity (Wildman–Crippen MR) is 88.3 cm³/mol. The fourth-order valence-electron chi connectivity index (χ4n) is 3.18. The van der Waals surface area contributed by atoms with Crippen molar-refractivity contribution in [2.45, 2.75) is 97.9 Å². The Balaban J connectivity index is 2.68. The molecule has 1 aromatic rings. The van der Waals surface area contributed by atoms with Gasteiger partial charge in [-0.25, -0.2) is 0 Å². The van der Waals surface area contributed by atoms with Gasteiger partial charge in [-0.3, -0.25) is 4.68 Å². The molecule has 1 atom stereocenters. The number of aromatic nitrogens is 2. The number of nitrogens with zero attached hydrogens (tertiary/aromatic N) is 2. The first-order valence-corrected chi connectivity index (χ1v) is 8.57. The zero-order chi connectivity index (χ0) is 15.0. The van der Waals surface area contributed by atoms with Gasteiger partial charge in [0.25, 0.3) is 0 Å². The SMILES string of the molecule is CCCCCCCC(C)(CCCC)n1nc(C)cc1C. The average Bonchev–Trinajstić information content (AvgIpc) is 2.76. The predicted octanol–water partition coefficient (Wildman–Crippen LogP) is 5.77. The molecule has 0 N–H and O–H groups in total. The molecule has 0 aromatic carbocycles. The molecule has 1 heterocycles. The van der Waals surface area contributed by atoms with Crippen molar-refractivity contribution in [2.75, 3.05) is 0 Å². The van der Waals surface area contributed by atoms with Crippen molar-refractivity contribution >= 4 is 0 Å². The highest BCUT2D eigenvalue weighted by Gasteiger charge is 2.27. The van der Waals surface area contributed by atoms with Crippen molar-refractivity contribution in [3.63, 3.8) is 0 Å². The molecule has 0 saturated heterocycles. The van der Waals surface area contributed by atoms with Crippen LogP contribution in [0.15, 0.2) is 6.07 Å². The Morgan fingerprint density at radius 1 is 0.950 bits per heavy atom. The van der Waals surface area contributed by atoms with Crippen LogP contribution >= 0.6 is 0 Å². The number of aryl methyl sites for hydroxylation is 2. The van der Waals surface area contributed by atoms with Crippen molar-refractivity contribution in [1.82, 2.24) is 9.78 Å². The van der Waals surface area contributed by atoms with E-state index in [0.717, 1.165) is 5.69 Å². The molecule has 0 fully saturated rings. The molecule has 1 unspecified atom stereocenters. The summed E-state index contributed by atoms with van der Waals surface area (Å²) in [5.74, 6) is 0. The fraction of sp³-hybridized carbons (Fsp3) is 0.833. The third-order valence-electron chi connectivity index (χ3n) is 4.41. The van der Waals surface area contributed by atoms with E-state index in [1.54, 1.807) is 0 Å². The highest BCUT2D eigenvalue weighted by Crippen LogP contribution is 2.31. The van der Waals surface area contributed by atoms with Gasteiger partial charge in [0.1, 0.15) is 0 Å². The van der Waals surface area contributed by atoms with E-state index >= 15 is 0 Å². The van der Waals surface area contributed by atoms with Crippen LogP contribution in [0.2, 0.25) is 0 Å². The minimum Gasteiger partial charge on any atom is -0.264 e. The number of unbranched alkanes of at least 4 members (excludes halogenated alkanes) is 5. The zero-order valence-electron chi connectivity index (χ0n) is 14.3. The molecular weight excluding hydrogens is 244 g/mol. The lowest BCUT2D eigenvalue weighted by molar-refractivity contribution is 0.224. The van der Waals surface area contributed by atoms with Crippen LogP contribution in [0.1, 0.15) is 89.9 Å². The lowest BCUT2D eigenvalue weighted by atomic mass is 9.88. The monoisotopic (exact) mass is 278 g/mol. The molecule has 2 heteroatoms. The fourth-order valence-corrected chi connectivity index (χ4v) is 3.18. The quantitative estimate of drug-likeness (QED) is 0.497. The van der Waals surface area contributed by atoms with Crippen LogP contribution in [-0.2, 0) is 5.54 Å². The van der Waals surface area contributed by atoms with E-state index in [0.29, 0.717) is 0 Å². The third kappa shape index (κ3) is 4.96. The van der Waals surface area contributed by atoms with E-state index in [4.69, 9.17) is 5.10 Å². The summed E-state index contributed by atoms with van der Waals surface area (Å²) in [4.78, 5) is 0. The third-order valence-corrected chi connectivity index (χ3v) is 4.41. The normalized spacial score (nSPS) is 14.4. The van der Waals surface area contributed by atoms with Gasteiger partial charge in [-0.2, -0.15) is 5.10 Å². The molecule has 1 rings (SSSR count). The van der Waals surface area contributed by atoms with Gasteiger partial charge in [0.05, 0.1) is 11.2 Å². The highest BCUT2D eigenvalue weighted by atomic mass is 15.3. The summed E-state index contributed by atoms with van der Waals surface area (Å²) in [6.07, 6.45) is 11.9. The van der Waals surface area contributed by atoms with Crippen LogP contribution in [0, 0.1) is 13.8 Å². The van der Waals surface area contributed by atoms with Crippen molar-refractivity contribution in [3.05, 3.63) is 17.5 Å². The van der Waals surface area contributed by atoms with E-state index < -0.39 is 0 Å². The van der Waals surface area contributed by atoms with Crippen LogP contribution < -0.4 is 0 Å². The van der Waals surface area contributed by atoms with Crippen LogP contribution in [0.4, 0.5) is 0 Å². The number of rotatable bonds is 10. The van der Waals surface area contributed by atoms with Crippen LogP contribution in [0.3, 0.4) is 0 Å². The van der Waals surface area contributed by atoms with Crippen LogP contribution in [0.25, 0.3) is 0 Å². The molecule has 20 heavy (non-hydrogen) atoms. The zero-order valence-corrected chi connectivity index (χ0v) is 14.3. The molecule has 0 radical (unpaired) electrons. The van der Waals surface area contributed by atoms with E-state index in [9.17, 15) is 0 Å². The van der Waals surface area contributed by atoms with Gasteiger partial charge in [-0.05, 0) is 39.7 Å². The molecule has 0 aliphatic carbocycles. The molecule has 0 saturated carbocycles. The maximum atomic E-state index is 4.77. The van der Waals surface area contributed by atoms with E-state index in [-0.39, 0.29) is 5.54 Å². The smallest absolute Gasteiger partial charge is 0.0602 e. The van der Waals surface area contributed by atoms with Crippen LogP contribution in [0.5, 0.6) is 0 Å². The maximum absolute atomic E-state index is 4.77. The van der Waals surface area contributed by atoms with Gasteiger partial charge in [-0.15, -0.1) is 0 Å². The second-order valence-electron chi connectivity index (χ2n) is 6.60. The Hall–Kier alpha value is -0.790. The molecule has 0 amide bonds. The van der Waals surface area contributed by atoms with Gasteiger partial charge >= 0.3 is 0 Å². The van der Waals surface area contributed by atoms with Crippen molar-refractivity contribution < 1.29 is 0 Å². The lowest BCUT2D eigenvalue weighted by Crippen LogP contribution is -2.32. The summed E-state index contributed by atoms with van der Waals surface area (Å²) >= 11 is 0. The Labute approximate surface area is 126 Å². The highest BCUT2D eigenvalue weighted by molar-refractivity contribution is 5.09. The topological polar surface area (TPSA) is 17.8 Å². The van der Waals surface area contributed by atoms with Gasteiger partial charge in [0.2, 0.25) is 0 Å². The lowest BCUT2D eigenvalue weighted by Gasteiger charge is -2.32. The van der Waals surface area contributed by atoms with Crippen molar-refractivity contribution in [2.24, 2.45) is 0 Å². The second kappa shape index (κ2) is 8.49. The Morgan fingerprint density at radius 2 is 1.55 bits per heavy atom. The Kier molecular flexibility index (Phi) is 7.32. The van der Waals surface area contributed by atoms with Gasteiger partial charge < -0.3 is 0 Å². The molecule has 0 aliphatic heterocycles. The molecule has 0 bridgehead atoms. The Bertz CT molecular complexity index is 381. The average molecular weight is 278 g/mol. The number of hydrogen-bond acceptors (Lipinski definition) is 1. The minimum absolute atomic E-state index is 0.209. The van der Waals surface area contributed by atoms with Gasteiger partial charge in [-0.1, -0.05) is 58.8 Å². The Morgan fingerprint density at radius 3 is 2.10 bits per heavy atom. The first-order chi connectivity index (χ1) is 9.53. The summed E-state index contributed by atoms with van der Waals surface area (Å²) in [7, 11) is 0. The summed E-state index contributed by atoms with van der Waals surface area (Å²) in [5.41, 5.74) is 2.67. The molecule has 0 aliphatic rings. The number of hydrogen-bond donors (Lipinski definition) is 0. The van der Waals surface area contributed by atoms with E-state index in [1.165, 1.54) is 63.5 Å². The molecule has 1 aromatic heterocycles. The van der Waals surface area contributed by atoms with Gasteiger partial charge in [0, 0.05) is 5.69 Å². The second-order valence-corrected chi connectivity index (χ2v) is 6.60. The largest absolute Gasteiger partial charge is 0.264 e. The molecule has 0 spiro atoms. The summed E-state index contributed by atoms with van der Waals surface area (Å²) in [6, 6.07) is 2.21. The van der Waals surface area contributed by atoms with Gasteiger partial charge in [0.15, 0.2) is 0 Å². The van der Waals surface area contributed by atoms with Crippen molar-refractivity contribution in [3.8, 4) is 0 Å². The van der Waals surface area contributed by atoms with E-state index in [2.05, 4.69) is 45.4 Å². The molecule has 116 valence electrons. The van der Waals surface area contributed by atoms with Crippen molar-refractivity contribution in [1.29, 1.82) is 0 Å². The minimum atomic E-state index is 0.209. The van der Waals surface area contributed by atoms with E-state index in [1.807, 2.05) is 0 Å². The first-order valence-electron chi connectivity index (χ1n) is 8.57.